The van der Waals surface area contributed by atoms with Crippen molar-refractivity contribution in [1.29, 1.82) is 0 Å². The molecule has 112 valence electrons. The maximum Gasteiger partial charge on any atom is 0.137 e. The molecule has 0 aliphatic heterocycles. The molecule has 0 saturated heterocycles. The van der Waals surface area contributed by atoms with Gasteiger partial charge in [-0.1, -0.05) is 42.8 Å². The van der Waals surface area contributed by atoms with Crippen LogP contribution in [-0.4, -0.2) is 13.1 Å². The van der Waals surface area contributed by atoms with E-state index in [4.69, 9.17) is 11.6 Å². The minimum atomic E-state index is -0.221. The van der Waals surface area contributed by atoms with E-state index in [1.54, 1.807) is 6.07 Å². The van der Waals surface area contributed by atoms with Crippen molar-refractivity contribution in [2.24, 2.45) is 0 Å². The first-order valence-electron chi connectivity index (χ1n) is 7.01. The average Bonchev–Trinajstić information content (AvgIpc) is 2.47. The van der Waals surface area contributed by atoms with Gasteiger partial charge in [0.15, 0.2) is 0 Å². The molecule has 1 nitrogen and oxygen atoms in total. The van der Waals surface area contributed by atoms with Gasteiger partial charge in [0, 0.05) is 17.5 Å². The zero-order valence-corrected chi connectivity index (χ0v) is 14.2. The topological polar surface area (TPSA) is 12.0 Å². The van der Waals surface area contributed by atoms with E-state index in [1.807, 2.05) is 24.3 Å². The molecule has 0 aliphatic rings. The largest absolute Gasteiger partial charge is 0.316 e. The third kappa shape index (κ3) is 4.53. The fraction of sp³-hybridized carbons (Fsp3) is 0.294. The van der Waals surface area contributed by atoms with Crippen molar-refractivity contribution in [3.05, 3.63) is 68.9 Å². The van der Waals surface area contributed by atoms with Crippen molar-refractivity contribution >= 4 is 27.5 Å². The average molecular weight is 371 g/mol. The second-order valence-electron chi connectivity index (χ2n) is 4.98. The van der Waals surface area contributed by atoms with Gasteiger partial charge in [-0.15, -0.1) is 0 Å². The Kier molecular flexibility index (Phi) is 6.22. The number of rotatable bonds is 6. The highest BCUT2D eigenvalue weighted by Gasteiger charge is 2.15. The van der Waals surface area contributed by atoms with Gasteiger partial charge in [-0.05, 0) is 58.2 Å². The lowest BCUT2D eigenvalue weighted by Gasteiger charge is -2.19. The molecule has 4 heteroatoms. The van der Waals surface area contributed by atoms with Crippen LogP contribution in [0.15, 0.2) is 46.9 Å². The standard InChI is InChI=1S/C17H18BrClFN/c1-2-21-11-14(12-5-3-7-15(19)10-12)9-13-6-4-8-16(20)17(13)18/h3-8,10,14,21H,2,9,11H2,1H3. The van der Waals surface area contributed by atoms with Gasteiger partial charge in [0.05, 0.1) is 4.47 Å². The van der Waals surface area contributed by atoms with Crippen LogP contribution >= 0.6 is 27.5 Å². The molecule has 0 bridgehead atoms. The Hall–Kier alpha value is -0.900. The SMILES string of the molecule is CCNCC(Cc1cccc(F)c1Br)c1cccc(Cl)c1. The Bertz CT molecular complexity index is 603. The van der Waals surface area contributed by atoms with E-state index in [0.29, 0.717) is 4.47 Å². The Balaban J connectivity index is 2.26. The normalized spacial score (nSPS) is 12.4. The van der Waals surface area contributed by atoms with Crippen LogP contribution in [0.5, 0.6) is 0 Å². The van der Waals surface area contributed by atoms with Crippen molar-refractivity contribution in [2.45, 2.75) is 19.3 Å². The first kappa shape index (κ1) is 16.5. The van der Waals surface area contributed by atoms with Gasteiger partial charge in [-0.3, -0.25) is 0 Å². The molecular formula is C17H18BrClFN. The Morgan fingerprint density at radius 2 is 2.00 bits per heavy atom. The van der Waals surface area contributed by atoms with E-state index in [0.717, 1.165) is 30.1 Å². The first-order chi connectivity index (χ1) is 10.1. The van der Waals surface area contributed by atoms with Gasteiger partial charge >= 0.3 is 0 Å². The van der Waals surface area contributed by atoms with Crippen LogP contribution < -0.4 is 5.32 Å². The summed E-state index contributed by atoms with van der Waals surface area (Å²) in [5, 5.41) is 4.10. The highest BCUT2D eigenvalue weighted by Crippen LogP contribution is 2.28. The van der Waals surface area contributed by atoms with Crippen LogP contribution in [-0.2, 0) is 6.42 Å². The predicted molar refractivity (Wildman–Crippen MR) is 90.5 cm³/mol. The third-order valence-corrected chi connectivity index (χ3v) is 4.58. The molecule has 2 aromatic carbocycles. The molecule has 2 aromatic rings. The van der Waals surface area contributed by atoms with Crippen LogP contribution in [0, 0.1) is 5.82 Å². The zero-order chi connectivity index (χ0) is 15.2. The summed E-state index contributed by atoms with van der Waals surface area (Å²) in [6, 6.07) is 13.0. The Morgan fingerprint density at radius 3 is 2.71 bits per heavy atom. The number of hydrogen-bond acceptors (Lipinski definition) is 1. The van der Waals surface area contributed by atoms with Crippen molar-refractivity contribution < 1.29 is 4.39 Å². The van der Waals surface area contributed by atoms with Crippen molar-refractivity contribution in [2.75, 3.05) is 13.1 Å². The predicted octanol–water partition coefficient (Wildman–Crippen LogP) is 5.18. The monoisotopic (exact) mass is 369 g/mol. The number of likely N-dealkylation sites (N-methyl/N-ethyl adjacent to an activating group) is 1. The Labute approximate surface area is 138 Å². The lowest BCUT2D eigenvalue weighted by molar-refractivity contribution is 0.585. The smallest absolute Gasteiger partial charge is 0.137 e. The fourth-order valence-corrected chi connectivity index (χ4v) is 2.98. The number of hydrogen-bond donors (Lipinski definition) is 1. The van der Waals surface area contributed by atoms with Gasteiger partial charge in [0.2, 0.25) is 0 Å². The minimum Gasteiger partial charge on any atom is -0.316 e. The van der Waals surface area contributed by atoms with Crippen molar-refractivity contribution in [3.8, 4) is 0 Å². The van der Waals surface area contributed by atoms with Gasteiger partial charge < -0.3 is 5.32 Å². The molecule has 0 fully saturated rings. The molecule has 21 heavy (non-hydrogen) atoms. The van der Waals surface area contributed by atoms with Gasteiger partial charge in [0.25, 0.3) is 0 Å². The molecule has 1 atom stereocenters. The van der Waals surface area contributed by atoms with Crippen molar-refractivity contribution in [3.63, 3.8) is 0 Å². The molecular weight excluding hydrogens is 353 g/mol. The molecule has 0 spiro atoms. The highest BCUT2D eigenvalue weighted by atomic mass is 79.9. The van der Waals surface area contributed by atoms with Crippen LogP contribution in [0.1, 0.15) is 24.0 Å². The summed E-state index contributed by atoms with van der Waals surface area (Å²) in [7, 11) is 0. The minimum absolute atomic E-state index is 0.221. The van der Waals surface area contributed by atoms with Crippen molar-refractivity contribution in [1.82, 2.24) is 5.32 Å². The Morgan fingerprint density at radius 1 is 1.24 bits per heavy atom. The van der Waals surface area contributed by atoms with E-state index in [1.165, 1.54) is 11.6 Å². The zero-order valence-electron chi connectivity index (χ0n) is 11.9. The molecule has 1 N–H and O–H groups in total. The van der Waals surface area contributed by atoms with E-state index in [9.17, 15) is 4.39 Å². The summed E-state index contributed by atoms with van der Waals surface area (Å²) < 4.78 is 14.2. The summed E-state index contributed by atoms with van der Waals surface area (Å²) in [6.45, 7) is 3.81. The number of halogens is 3. The second kappa shape index (κ2) is 7.92. The van der Waals surface area contributed by atoms with Gasteiger partial charge in [-0.25, -0.2) is 4.39 Å². The third-order valence-electron chi connectivity index (χ3n) is 3.46. The lowest BCUT2D eigenvalue weighted by atomic mass is 9.92. The lowest BCUT2D eigenvalue weighted by Crippen LogP contribution is -2.22. The van der Waals surface area contributed by atoms with Gasteiger partial charge in [0.1, 0.15) is 5.82 Å². The molecule has 0 radical (unpaired) electrons. The number of benzene rings is 2. The van der Waals surface area contributed by atoms with Crippen LogP contribution in [0.25, 0.3) is 0 Å². The van der Waals surface area contributed by atoms with Crippen LogP contribution in [0.2, 0.25) is 5.02 Å². The molecule has 0 saturated carbocycles. The summed E-state index contributed by atoms with van der Waals surface area (Å²) in [5.41, 5.74) is 2.14. The molecule has 2 rings (SSSR count). The fourth-order valence-electron chi connectivity index (χ4n) is 2.36. The quantitative estimate of drug-likeness (QED) is 0.739. The van der Waals surface area contributed by atoms with E-state index in [-0.39, 0.29) is 11.7 Å². The van der Waals surface area contributed by atoms with E-state index >= 15 is 0 Å². The highest BCUT2D eigenvalue weighted by molar-refractivity contribution is 9.10. The maximum atomic E-state index is 13.7. The molecule has 0 amide bonds. The summed E-state index contributed by atoms with van der Waals surface area (Å²) >= 11 is 9.44. The van der Waals surface area contributed by atoms with Gasteiger partial charge in [-0.2, -0.15) is 0 Å². The first-order valence-corrected chi connectivity index (χ1v) is 8.18. The summed E-state index contributed by atoms with van der Waals surface area (Å²) in [5.74, 6) is 0.0301. The summed E-state index contributed by atoms with van der Waals surface area (Å²) in [4.78, 5) is 0. The number of nitrogens with one attached hydrogen (secondary N) is 1. The maximum absolute atomic E-state index is 13.7. The van der Waals surface area contributed by atoms with Crippen LogP contribution in [0.4, 0.5) is 4.39 Å². The molecule has 0 heterocycles. The summed E-state index contributed by atoms with van der Waals surface area (Å²) in [6.07, 6.45) is 0.756. The molecule has 0 aromatic heterocycles. The molecule has 0 aliphatic carbocycles. The van der Waals surface area contributed by atoms with E-state index < -0.39 is 0 Å². The molecule has 1 unspecified atom stereocenters. The van der Waals surface area contributed by atoms with E-state index in [2.05, 4.69) is 34.2 Å². The van der Waals surface area contributed by atoms with Crippen LogP contribution in [0.3, 0.4) is 0 Å². The second-order valence-corrected chi connectivity index (χ2v) is 6.21.